The summed E-state index contributed by atoms with van der Waals surface area (Å²) in [5.74, 6) is -1.05. The van der Waals surface area contributed by atoms with E-state index in [1.165, 1.54) is 6.07 Å². The van der Waals surface area contributed by atoms with Crippen molar-refractivity contribution in [3.8, 4) is 5.75 Å². The van der Waals surface area contributed by atoms with E-state index in [0.717, 1.165) is 0 Å². The zero-order chi connectivity index (χ0) is 14.5. The van der Waals surface area contributed by atoms with Crippen molar-refractivity contribution in [3.63, 3.8) is 0 Å². The van der Waals surface area contributed by atoms with Crippen LogP contribution in [0.25, 0.3) is 0 Å². The summed E-state index contributed by atoms with van der Waals surface area (Å²) >= 11 is 0. The van der Waals surface area contributed by atoms with Crippen molar-refractivity contribution < 1.29 is 19.0 Å². The van der Waals surface area contributed by atoms with Gasteiger partial charge in [0.05, 0.1) is 12.0 Å². The van der Waals surface area contributed by atoms with Gasteiger partial charge in [-0.2, -0.15) is 0 Å². The standard InChI is InChI=1S/C14H20FNO3/c1-4-19-12-6-5-10(9-11(12)15)16-8-7-14(2,3)13(17)18/h5-6,9,16H,4,7-8H2,1-3H3,(H,17,18). The van der Waals surface area contributed by atoms with E-state index in [4.69, 9.17) is 9.84 Å². The van der Waals surface area contributed by atoms with E-state index in [2.05, 4.69) is 5.32 Å². The van der Waals surface area contributed by atoms with Gasteiger partial charge in [0.15, 0.2) is 11.6 Å². The molecule has 0 atom stereocenters. The zero-order valence-corrected chi connectivity index (χ0v) is 11.5. The number of carboxylic acid groups (broad SMARTS) is 1. The Labute approximate surface area is 112 Å². The van der Waals surface area contributed by atoms with E-state index >= 15 is 0 Å². The van der Waals surface area contributed by atoms with Crippen molar-refractivity contribution in [2.75, 3.05) is 18.5 Å². The third-order valence-corrected chi connectivity index (χ3v) is 2.89. The summed E-state index contributed by atoms with van der Waals surface area (Å²) in [6, 6.07) is 4.62. The minimum absolute atomic E-state index is 0.221. The molecule has 0 amide bonds. The molecule has 1 rings (SSSR count). The second-order valence-corrected chi connectivity index (χ2v) is 4.94. The smallest absolute Gasteiger partial charge is 0.309 e. The van der Waals surface area contributed by atoms with Gasteiger partial charge in [-0.15, -0.1) is 0 Å². The Hall–Kier alpha value is -1.78. The fourth-order valence-corrected chi connectivity index (χ4v) is 1.51. The molecule has 0 saturated heterocycles. The number of nitrogens with one attached hydrogen (secondary N) is 1. The fourth-order valence-electron chi connectivity index (χ4n) is 1.51. The Balaban J connectivity index is 2.55. The van der Waals surface area contributed by atoms with Crippen molar-refractivity contribution in [1.82, 2.24) is 0 Å². The van der Waals surface area contributed by atoms with E-state index in [9.17, 15) is 9.18 Å². The minimum Gasteiger partial charge on any atom is -0.491 e. The maximum atomic E-state index is 13.6. The first-order valence-electron chi connectivity index (χ1n) is 6.26. The van der Waals surface area contributed by atoms with Crippen LogP contribution in [0.15, 0.2) is 18.2 Å². The van der Waals surface area contributed by atoms with E-state index in [0.29, 0.717) is 25.3 Å². The molecular formula is C14H20FNO3. The predicted molar refractivity (Wildman–Crippen MR) is 72.1 cm³/mol. The van der Waals surface area contributed by atoms with Gasteiger partial charge in [-0.3, -0.25) is 4.79 Å². The molecule has 0 radical (unpaired) electrons. The van der Waals surface area contributed by atoms with Crippen LogP contribution in [0.2, 0.25) is 0 Å². The molecule has 0 spiro atoms. The average molecular weight is 269 g/mol. The van der Waals surface area contributed by atoms with Gasteiger partial charge >= 0.3 is 5.97 Å². The number of anilines is 1. The van der Waals surface area contributed by atoms with Crippen LogP contribution in [-0.2, 0) is 4.79 Å². The Morgan fingerprint density at radius 3 is 2.68 bits per heavy atom. The molecule has 4 nitrogen and oxygen atoms in total. The second-order valence-electron chi connectivity index (χ2n) is 4.94. The molecule has 1 aromatic rings. The molecule has 0 aliphatic carbocycles. The number of aliphatic carboxylic acids is 1. The van der Waals surface area contributed by atoms with Crippen molar-refractivity contribution in [2.45, 2.75) is 27.2 Å². The topological polar surface area (TPSA) is 58.6 Å². The van der Waals surface area contributed by atoms with Crippen LogP contribution in [0.5, 0.6) is 5.75 Å². The first-order chi connectivity index (χ1) is 8.86. The maximum Gasteiger partial charge on any atom is 0.309 e. The van der Waals surface area contributed by atoms with Crippen LogP contribution < -0.4 is 10.1 Å². The average Bonchev–Trinajstić information content (AvgIpc) is 2.32. The van der Waals surface area contributed by atoms with Crippen molar-refractivity contribution >= 4 is 11.7 Å². The number of rotatable bonds is 7. The van der Waals surface area contributed by atoms with Crippen LogP contribution >= 0.6 is 0 Å². The van der Waals surface area contributed by atoms with Gasteiger partial charge < -0.3 is 15.2 Å². The monoisotopic (exact) mass is 269 g/mol. The quantitative estimate of drug-likeness (QED) is 0.798. The van der Waals surface area contributed by atoms with Crippen LogP contribution in [0.1, 0.15) is 27.2 Å². The summed E-state index contributed by atoms with van der Waals surface area (Å²) in [6.45, 7) is 5.99. The lowest BCUT2D eigenvalue weighted by atomic mass is 9.90. The molecule has 2 N–H and O–H groups in total. The number of hydrogen-bond acceptors (Lipinski definition) is 3. The fraction of sp³-hybridized carbons (Fsp3) is 0.500. The summed E-state index contributed by atoms with van der Waals surface area (Å²) in [7, 11) is 0. The molecule has 0 aliphatic rings. The molecule has 0 aromatic heterocycles. The summed E-state index contributed by atoms with van der Waals surface area (Å²) in [6.07, 6.45) is 0.456. The molecule has 0 unspecified atom stereocenters. The summed E-state index contributed by atoms with van der Waals surface area (Å²) in [5.41, 5.74) is -0.182. The second kappa shape index (κ2) is 6.41. The van der Waals surface area contributed by atoms with Gasteiger partial charge in [0, 0.05) is 18.3 Å². The van der Waals surface area contributed by atoms with Crippen molar-refractivity contribution in [3.05, 3.63) is 24.0 Å². The Morgan fingerprint density at radius 2 is 2.16 bits per heavy atom. The normalized spacial score (nSPS) is 11.2. The molecule has 0 bridgehead atoms. The maximum absolute atomic E-state index is 13.6. The molecule has 1 aromatic carbocycles. The van der Waals surface area contributed by atoms with Crippen LogP contribution in [-0.4, -0.2) is 24.2 Å². The first-order valence-corrected chi connectivity index (χ1v) is 6.26. The van der Waals surface area contributed by atoms with Gasteiger partial charge in [-0.05, 0) is 39.3 Å². The van der Waals surface area contributed by atoms with Gasteiger partial charge in [0.25, 0.3) is 0 Å². The molecule has 0 fully saturated rings. The number of halogens is 1. The first kappa shape index (κ1) is 15.3. The number of benzene rings is 1. The van der Waals surface area contributed by atoms with E-state index < -0.39 is 17.2 Å². The molecular weight excluding hydrogens is 249 g/mol. The van der Waals surface area contributed by atoms with Crippen LogP contribution in [0.4, 0.5) is 10.1 Å². The van der Waals surface area contributed by atoms with E-state index in [1.54, 1.807) is 32.9 Å². The molecule has 19 heavy (non-hydrogen) atoms. The van der Waals surface area contributed by atoms with Crippen LogP contribution in [0, 0.1) is 11.2 Å². The lowest BCUT2D eigenvalue weighted by Gasteiger charge is -2.19. The molecule has 5 heteroatoms. The largest absolute Gasteiger partial charge is 0.491 e. The Morgan fingerprint density at radius 1 is 1.47 bits per heavy atom. The number of carboxylic acids is 1. The summed E-state index contributed by atoms with van der Waals surface area (Å²) in [4.78, 5) is 10.9. The Kier molecular flexibility index (Phi) is 5.15. The summed E-state index contributed by atoms with van der Waals surface area (Å²) in [5, 5.41) is 12.0. The van der Waals surface area contributed by atoms with E-state index in [1.807, 2.05) is 0 Å². The zero-order valence-electron chi connectivity index (χ0n) is 11.5. The van der Waals surface area contributed by atoms with E-state index in [-0.39, 0.29) is 5.75 Å². The van der Waals surface area contributed by atoms with Gasteiger partial charge in [0.2, 0.25) is 0 Å². The highest BCUT2D eigenvalue weighted by Crippen LogP contribution is 2.23. The SMILES string of the molecule is CCOc1ccc(NCCC(C)(C)C(=O)O)cc1F. The lowest BCUT2D eigenvalue weighted by Crippen LogP contribution is -2.26. The van der Waals surface area contributed by atoms with Crippen molar-refractivity contribution in [1.29, 1.82) is 0 Å². The third-order valence-electron chi connectivity index (χ3n) is 2.89. The molecule has 0 heterocycles. The highest BCUT2D eigenvalue weighted by atomic mass is 19.1. The Bertz CT molecular complexity index is 446. The highest BCUT2D eigenvalue weighted by Gasteiger charge is 2.26. The highest BCUT2D eigenvalue weighted by molar-refractivity contribution is 5.73. The van der Waals surface area contributed by atoms with Gasteiger partial charge in [0.1, 0.15) is 0 Å². The lowest BCUT2D eigenvalue weighted by molar-refractivity contribution is -0.147. The molecule has 0 aliphatic heterocycles. The van der Waals surface area contributed by atoms with Gasteiger partial charge in [-0.25, -0.2) is 4.39 Å². The van der Waals surface area contributed by atoms with Crippen molar-refractivity contribution in [2.24, 2.45) is 5.41 Å². The minimum atomic E-state index is -0.841. The number of hydrogen-bond donors (Lipinski definition) is 2. The predicted octanol–water partition coefficient (Wildman–Crippen LogP) is 3.14. The summed E-state index contributed by atoms with van der Waals surface area (Å²) < 4.78 is 18.7. The third kappa shape index (κ3) is 4.43. The van der Waals surface area contributed by atoms with Crippen LogP contribution in [0.3, 0.4) is 0 Å². The molecule has 0 saturated carbocycles. The number of carbonyl (C=O) groups is 1. The van der Waals surface area contributed by atoms with Gasteiger partial charge in [-0.1, -0.05) is 0 Å². The number of ether oxygens (including phenoxy) is 1. The molecule has 106 valence electrons.